The molecule has 0 aliphatic carbocycles. The second-order valence-electron chi connectivity index (χ2n) is 4.42. The van der Waals surface area contributed by atoms with Crippen molar-refractivity contribution in [1.82, 2.24) is 4.98 Å². The van der Waals surface area contributed by atoms with E-state index < -0.39 is 15.9 Å². The van der Waals surface area contributed by atoms with Crippen LogP contribution in [-0.2, 0) is 14.6 Å². The van der Waals surface area contributed by atoms with Crippen LogP contribution in [0.4, 0.5) is 5.69 Å². The molecule has 1 heterocycles. The minimum absolute atomic E-state index is 0.0215. The van der Waals surface area contributed by atoms with Gasteiger partial charge in [-0.15, -0.1) is 0 Å². The van der Waals surface area contributed by atoms with Gasteiger partial charge in [0, 0.05) is 6.26 Å². The van der Waals surface area contributed by atoms with Crippen LogP contribution in [0, 0.1) is 5.92 Å². The van der Waals surface area contributed by atoms with E-state index in [1.807, 2.05) is 13.8 Å². The molecule has 1 aromatic heterocycles. The Morgan fingerprint density at radius 1 is 1.39 bits per heavy atom. The van der Waals surface area contributed by atoms with Crippen LogP contribution in [0.1, 0.15) is 13.8 Å². The summed E-state index contributed by atoms with van der Waals surface area (Å²) in [6.45, 7) is 3.69. The number of carbonyl (C=O) groups is 1. The van der Waals surface area contributed by atoms with Gasteiger partial charge in [0.1, 0.15) is 0 Å². The number of amides is 1. The van der Waals surface area contributed by atoms with Gasteiger partial charge in [-0.2, -0.15) is 0 Å². The smallest absolute Gasteiger partial charge is 0.241 e. The highest BCUT2D eigenvalue weighted by Gasteiger charge is 2.17. The molecule has 0 radical (unpaired) electrons. The maximum Gasteiger partial charge on any atom is 0.241 e. The summed E-state index contributed by atoms with van der Waals surface area (Å²) in [5, 5.41) is 2.55. The molecule has 3 N–H and O–H groups in total. The molecule has 100 valence electrons. The molecule has 1 atom stereocenters. The molecule has 0 saturated carbocycles. The van der Waals surface area contributed by atoms with Gasteiger partial charge in [-0.3, -0.25) is 4.79 Å². The Labute approximate surface area is 107 Å². The molecule has 0 unspecified atom stereocenters. The van der Waals surface area contributed by atoms with Crippen molar-refractivity contribution in [2.45, 2.75) is 24.9 Å². The fourth-order valence-corrected chi connectivity index (χ4v) is 1.76. The molecule has 0 aliphatic heterocycles. The van der Waals surface area contributed by atoms with Crippen molar-refractivity contribution in [3.63, 3.8) is 0 Å². The number of pyridine rings is 1. The Bertz CT molecular complexity index is 523. The van der Waals surface area contributed by atoms with E-state index in [2.05, 4.69) is 10.3 Å². The van der Waals surface area contributed by atoms with E-state index in [9.17, 15) is 13.2 Å². The maximum absolute atomic E-state index is 11.7. The van der Waals surface area contributed by atoms with Crippen LogP contribution in [0.25, 0.3) is 0 Å². The highest BCUT2D eigenvalue weighted by molar-refractivity contribution is 7.90. The first kappa shape index (κ1) is 14.6. The van der Waals surface area contributed by atoms with Crippen LogP contribution < -0.4 is 11.1 Å². The highest BCUT2D eigenvalue weighted by Crippen LogP contribution is 2.11. The number of carbonyl (C=O) groups excluding carboxylic acids is 1. The summed E-state index contributed by atoms with van der Waals surface area (Å²) < 4.78 is 22.4. The zero-order chi connectivity index (χ0) is 13.9. The van der Waals surface area contributed by atoms with Crippen molar-refractivity contribution >= 4 is 21.4 Å². The van der Waals surface area contributed by atoms with Crippen LogP contribution >= 0.6 is 0 Å². The molecule has 0 aromatic carbocycles. The molecule has 1 aromatic rings. The highest BCUT2D eigenvalue weighted by atomic mass is 32.2. The van der Waals surface area contributed by atoms with Crippen LogP contribution in [0.5, 0.6) is 0 Å². The fourth-order valence-electron chi connectivity index (χ4n) is 1.20. The molecule has 1 rings (SSSR count). The van der Waals surface area contributed by atoms with Crippen LogP contribution in [0.2, 0.25) is 0 Å². The average molecular weight is 271 g/mol. The Morgan fingerprint density at radius 2 is 2.00 bits per heavy atom. The number of nitrogens with two attached hydrogens (primary N) is 1. The number of sulfone groups is 1. The van der Waals surface area contributed by atoms with Crippen molar-refractivity contribution in [1.29, 1.82) is 0 Å². The maximum atomic E-state index is 11.7. The van der Waals surface area contributed by atoms with Gasteiger partial charge in [0.15, 0.2) is 14.9 Å². The van der Waals surface area contributed by atoms with E-state index in [-0.39, 0.29) is 16.9 Å². The summed E-state index contributed by atoms with van der Waals surface area (Å²) in [6, 6.07) is 2.21. The summed E-state index contributed by atoms with van der Waals surface area (Å²) in [5.41, 5.74) is 6.10. The Hall–Kier alpha value is -1.47. The number of rotatable bonds is 4. The lowest BCUT2D eigenvalue weighted by atomic mass is 10.1. The van der Waals surface area contributed by atoms with E-state index in [1.165, 1.54) is 18.3 Å². The third-order valence-electron chi connectivity index (χ3n) is 2.40. The Kier molecular flexibility index (Phi) is 4.42. The van der Waals surface area contributed by atoms with Crippen molar-refractivity contribution in [2.75, 3.05) is 11.6 Å². The van der Waals surface area contributed by atoms with Gasteiger partial charge in [0.25, 0.3) is 0 Å². The first-order valence-electron chi connectivity index (χ1n) is 5.44. The quantitative estimate of drug-likeness (QED) is 0.825. The van der Waals surface area contributed by atoms with E-state index in [0.717, 1.165) is 6.26 Å². The van der Waals surface area contributed by atoms with Gasteiger partial charge in [0.2, 0.25) is 5.91 Å². The van der Waals surface area contributed by atoms with Gasteiger partial charge < -0.3 is 11.1 Å². The number of hydrogen-bond donors (Lipinski definition) is 2. The zero-order valence-corrected chi connectivity index (χ0v) is 11.4. The molecule has 0 fully saturated rings. The summed E-state index contributed by atoms with van der Waals surface area (Å²) in [7, 11) is -3.33. The van der Waals surface area contributed by atoms with Gasteiger partial charge in [-0.1, -0.05) is 13.8 Å². The lowest BCUT2D eigenvalue weighted by molar-refractivity contribution is -0.118. The standard InChI is InChI=1S/C11H17N3O3S/c1-7(2)10(12)11(15)14-8-4-5-9(13-6-8)18(3,16)17/h4-7,10H,12H2,1-3H3,(H,14,15)/t10-/m0/s1. The summed E-state index contributed by atoms with van der Waals surface area (Å²) in [4.78, 5) is 15.4. The lowest BCUT2D eigenvalue weighted by Crippen LogP contribution is -2.39. The summed E-state index contributed by atoms with van der Waals surface area (Å²) in [6.07, 6.45) is 2.36. The molecule has 6 nitrogen and oxygen atoms in total. The third-order valence-corrected chi connectivity index (χ3v) is 3.41. The van der Waals surface area contributed by atoms with Crippen molar-refractivity contribution in [3.05, 3.63) is 18.3 Å². The first-order chi connectivity index (χ1) is 8.21. The molecular formula is C11H17N3O3S. The second kappa shape index (κ2) is 5.45. The molecule has 0 spiro atoms. The van der Waals surface area contributed by atoms with Gasteiger partial charge in [-0.05, 0) is 18.1 Å². The zero-order valence-electron chi connectivity index (χ0n) is 10.5. The number of anilines is 1. The number of nitrogens with zero attached hydrogens (tertiary/aromatic N) is 1. The van der Waals surface area contributed by atoms with Crippen molar-refractivity contribution < 1.29 is 13.2 Å². The number of hydrogen-bond acceptors (Lipinski definition) is 5. The lowest BCUT2D eigenvalue weighted by Gasteiger charge is -2.15. The van der Waals surface area contributed by atoms with Gasteiger partial charge in [0.05, 0.1) is 17.9 Å². The Morgan fingerprint density at radius 3 is 2.39 bits per heavy atom. The molecular weight excluding hydrogens is 254 g/mol. The minimum Gasteiger partial charge on any atom is -0.323 e. The van der Waals surface area contributed by atoms with E-state index in [4.69, 9.17) is 5.73 Å². The van der Waals surface area contributed by atoms with E-state index in [0.29, 0.717) is 5.69 Å². The van der Waals surface area contributed by atoms with Crippen LogP contribution in [-0.4, -0.2) is 31.6 Å². The molecule has 0 bridgehead atoms. The molecule has 18 heavy (non-hydrogen) atoms. The number of aromatic nitrogens is 1. The molecule has 1 amide bonds. The molecule has 0 saturated heterocycles. The second-order valence-corrected chi connectivity index (χ2v) is 6.38. The Balaban J connectivity index is 2.79. The summed E-state index contributed by atoms with van der Waals surface area (Å²) in [5.74, 6) is -0.299. The molecule has 7 heteroatoms. The normalized spacial score (nSPS) is 13.4. The average Bonchev–Trinajstić information content (AvgIpc) is 2.27. The fraction of sp³-hybridized carbons (Fsp3) is 0.455. The van der Waals surface area contributed by atoms with Crippen molar-refractivity contribution in [2.24, 2.45) is 11.7 Å². The van der Waals surface area contributed by atoms with Gasteiger partial charge >= 0.3 is 0 Å². The largest absolute Gasteiger partial charge is 0.323 e. The van der Waals surface area contributed by atoms with Crippen molar-refractivity contribution in [3.8, 4) is 0 Å². The van der Waals surface area contributed by atoms with E-state index >= 15 is 0 Å². The topological polar surface area (TPSA) is 102 Å². The van der Waals surface area contributed by atoms with Gasteiger partial charge in [-0.25, -0.2) is 13.4 Å². The van der Waals surface area contributed by atoms with Crippen LogP contribution in [0.15, 0.2) is 23.4 Å². The number of nitrogens with one attached hydrogen (secondary N) is 1. The SMILES string of the molecule is CC(C)[C@H](N)C(=O)Nc1ccc(S(C)(=O)=O)nc1. The van der Waals surface area contributed by atoms with E-state index in [1.54, 1.807) is 0 Å². The summed E-state index contributed by atoms with van der Waals surface area (Å²) >= 11 is 0. The monoisotopic (exact) mass is 271 g/mol. The predicted molar refractivity (Wildman–Crippen MR) is 68.8 cm³/mol. The predicted octanol–water partition coefficient (Wildman–Crippen LogP) is 0.407. The van der Waals surface area contributed by atoms with Crippen LogP contribution in [0.3, 0.4) is 0 Å². The third kappa shape index (κ3) is 3.78. The molecule has 0 aliphatic rings. The minimum atomic E-state index is -3.33. The first-order valence-corrected chi connectivity index (χ1v) is 7.33.